The zero-order chi connectivity index (χ0) is 25.7. The van der Waals surface area contributed by atoms with Gasteiger partial charge in [-0.3, -0.25) is 19.3 Å². The van der Waals surface area contributed by atoms with Crippen molar-refractivity contribution in [1.82, 2.24) is 4.90 Å². The molecule has 184 valence electrons. The summed E-state index contributed by atoms with van der Waals surface area (Å²) in [5, 5.41) is 2.46. The average Bonchev–Trinajstić information content (AvgIpc) is 3.12. The predicted octanol–water partition coefficient (Wildman–Crippen LogP) is 6.21. The quantitative estimate of drug-likeness (QED) is 0.235. The first-order valence-corrected chi connectivity index (χ1v) is 13.0. The van der Waals surface area contributed by atoms with E-state index in [4.69, 9.17) is 21.1 Å². The molecular weight excluding hydrogens is 615 g/mol. The molecular formula is C26H20ClIN2O5S. The summed E-state index contributed by atoms with van der Waals surface area (Å²) in [4.78, 5) is 38.9. The first kappa shape index (κ1) is 26.1. The maximum atomic E-state index is 12.9. The third kappa shape index (κ3) is 6.21. The fourth-order valence-corrected chi connectivity index (χ4v) is 5.18. The van der Waals surface area contributed by atoms with E-state index in [0.29, 0.717) is 34.4 Å². The highest BCUT2D eigenvalue weighted by Crippen LogP contribution is 2.37. The van der Waals surface area contributed by atoms with E-state index in [2.05, 4.69) is 27.9 Å². The van der Waals surface area contributed by atoms with E-state index >= 15 is 0 Å². The first-order valence-electron chi connectivity index (χ1n) is 10.7. The number of imide groups is 1. The molecule has 3 aromatic carbocycles. The second-order valence-corrected chi connectivity index (χ2v) is 10.2. The Morgan fingerprint density at radius 1 is 1.11 bits per heavy atom. The van der Waals surface area contributed by atoms with Crippen molar-refractivity contribution in [1.29, 1.82) is 0 Å². The Labute approximate surface area is 230 Å². The van der Waals surface area contributed by atoms with Gasteiger partial charge in [0.05, 0.1) is 26.3 Å². The molecule has 3 aromatic rings. The number of halogens is 2. The van der Waals surface area contributed by atoms with E-state index < -0.39 is 23.6 Å². The van der Waals surface area contributed by atoms with Crippen molar-refractivity contribution in [3.8, 4) is 11.5 Å². The number of thioether (sulfide) groups is 1. The van der Waals surface area contributed by atoms with Crippen LogP contribution in [0.2, 0.25) is 5.02 Å². The van der Waals surface area contributed by atoms with Crippen LogP contribution in [0.1, 0.15) is 11.1 Å². The normalized spacial score (nSPS) is 14.3. The summed E-state index contributed by atoms with van der Waals surface area (Å²) in [5.41, 5.74) is 2.09. The first-order chi connectivity index (χ1) is 17.4. The zero-order valence-electron chi connectivity index (χ0n) is 19.0. The van der Waals surface area contributed by atoms with Crippen LogP contribution >= 0.6 is 46.0 Å². The maximum Gasteiger partial charge on any atom is 0.294 e. The van der Waals surface area contributed by atoms with Crippen LogP contribution in [0.25, 0.3) is 6.08 Å². The number of carbonyl (C=O) groups excluding carboxylic acids is 3. The Balaban J connectivity index is 1.47. The molecule has 0 aromatic heterocycles. The summed E-state index contributed by atoms with van der Waals surface area (Å²) in [6, 6.07) is 20.1. The minimum atomic E-state index is -0.544. The molecule has 1 N–H and O–H groups in total. The smallest absolute Gasteiger partial charge is 0.294 e. The van der Waals surface area contributed by atoms with Gasteiger partial charge in [-0.05, 0) is 75.8 Å². The molecule has 0 atom stereocenters. The van der Waals surface area contributed by atoms with Crippen molar-refractivity contribution in [2.24, 2.45) is 0 Å². The second-order valence-electron chi connectivity index (χ2n) is 7.60. The number of methoxy groups -OCH3 is 1. The number of rotatable bonds is 8. The van der Waals surface area contributed by atoms with Crippen molar-refractivity contribution in [3.63, 3.8) is 0 Å². The van der Waals surface area contributed by atoms with Crippen LogP contribution in [0.15, 0.2) is 71.6 Å². The highest BCUT2D eigenvalue weighted by molar-refractivity contribution is 14.1. The topological polar surface area (TPSA) is 84.9 Å². The van der Waals surface area contributed by atoms with Crippen LogP contribution in [0.4, 0.5) is 10.5 Å². The fourth-order valence-electron chi connectivity index (χ4n) is 3.38. The predicted molar refractivity (Wildman–Crippen MR) is 149 cm³/mol. The molecule has 1 aliphatic rings. The van der Waals surface area contributed by atoms with Crippen LogP contribution in [0, 0.1) is 3.57 Å². The van der Waals surface area contributed by atoms with Gasteiger partial charge >= 0.3 is 0 Å². The molecule has 0 bridgehead atoms. The summed E-state index contributed by atoms with van der Waals surface area (Å²) in [7, 11) is 1.54. The van der Waals surface area contributed by atoms with E-state index in [1.807, 2.05) is 36.4 Å². The Morgan fingerprint density at radius 3 is 2.56 bits per heavy atom. The molecule has 7 nitrogen and oxygen atoms in total. The number of nitrogens with zero attached hydrogens (tertiary/aromatic N) is 1. The van der Waals surface area contributed by atoms with Crippen molar-refractivity contribution in [2.75, 3.05) is 19.0 Å². The summed E-state index contributed by atoms with van der Waals surface area (Å²) in [6.07, 6.45) is 1.60. The van der Waals surface area contributed by atoms with Crippen molar-refractivity contribution in [2.45, 2.75) is 6.61 Å². The van der Waals surface area contributed by atoms with E-state index in [9.17, 15) is 14.4 Å². The molecule has 0 unspecified atom stereocenters. The van der Waals surface area contributed by atoms with Crippen LogP contribution in [0.3, 0.4) is 0 Å². The summed E-state index contributed by atoms with van der Waals surface area (Å²) >= 11 is 8.98. The van der Waals surface area contributed by atoms with Gasteiger partial charge in [-0.2, -0.15) is 0 Å². The lowest BCUT2D eigenvalue weighted by Crippen LogP contribution is -2.36. The molecule has 4 rings (SSSR count). The van der Waals surface area contributed by atoms with Crippen molar-refractivity contribution >= 4 is 74.8 Å². The zero-order valence-corrected chi connectivity index (χ0v) is 22.7. The minimum Gasteiger partial charge on any atom is -0.493 e. The molecule has 1 saturated heterocycles. The third-order valence-electron chi connectivity index (χ3n) is 5.10. The average molecular weight is 635 g/mol. The highest BCUT2D eigenvalue weighted by atomic mass is 127. The number of amides is 3. The lowest BCUT2D eigenvalue weighted by atomic mass is 10.1. The molecule has 0 spiro atoms. The largest absolute Gasteiger partial charge is 0.493 e. The molecule has 0 radical (unpaired) electrons. The van der Waals surface area contributed by atoms with E-state index in [1.165, 1.54) is 7.11 Å². The Morgan fingerprint density at radius 2 is 1.83 bits per heavy atom. The van der Waals surface area contributed by atoms with E-state index in [-0.39, 0.29) is 4.91 Å². The molecule has 0 saturated carbocycles. The molecule has 3 amide bonds. The summed E-state index contributed by atoms with van der Waals surface area (Å²) < 4.78 is 12.3. The number of carbonyl (C=O) groups is 3. The molecule has 10 heteroatoms. The molecule has 36 heavy (non-hydrogen) atoms. The molecule has 1 heterocycles. The maximum absolute atomic E-state index is 12.9. The summed E-state index contributed by atoms with van der Waals surface area (Å²) in [6.45, 7) is -0.0396. The van der Waals surface area contributed by atoms with E-state index in [1.54, 1.807) is 36.4 Å². The summed E-state index contributed by atoms with van der Waals surface area (Å²) in [5.74, 6) is 0.0198. The number of hydrogen-bond donors (Lipinski definition) is 1. The van der Waals surface area contributed by atoms with Gasteiger partial charge in [0.15, 0.2) is 11.5 Å². The SMILES string of the molecule is COc1cc(/C=C2/SC(=O)N(CC(=O)Nc3ccccc3Cl)C2=O)cc(I)c1OCc1ccccc1. The number of anilines is 1. The minimum absolute atomic E-state index is 0.210. The molecule has 1 aliphatic heterocycles. The van der Waals surface area contributed by atoms with Gasteiger partial charge in [0.25, 0.3) is 11.1 Å². The Hall–Kier alpha value is -3.02. The van der Waals surface area contributed by atoms with Crippen molar-refractivity contribution < 1.29 is 23.9 Å². The molecule has 0 aliphatic carbocycles. The van der Waals surface area contributed by atoms with Crippen LogP contribution in [0.5, 0.6) is 11.5 Å². The number of para-hydroxylation sites is 1. The van der Waals surface area contributed by atoms with Gasteiger partial charge in [0.1, 0.15) is 13.2 Å². The number of benzene rings is 3. The number of nitrogens with one attached hydrogen (secondary N) is 1. The van der Waals surface area contributed by atoms with Crippen LogP contribution in [-0.4, -0.2) is 35.6 Å². The number of hydrogen-bond acceptors (Lipinski definition) is 6. The lowest BCUT2D eigenvalue weighted by Gasteiger charge is -2.14. The monoisotopic (exact) mass is 634 g/mol. The van der Waals surface area contributed by atoms with Gasteiger partial charge in [-0.1, -0.05) is 54.1 Å². The van der Waals surface area contributed by atoms with Gasteiger partial charge in [0, 0.05) is 0 Å². The van der Waals surface area contributed by atoms with Gasteiger partial charge in [-0.15, -0.1) is 0 Å². The van der Waals surface area contributed by atoms with Gasteiger partial charge in [-0.25, -0.2) is 0 Å². The van der Waals surface area contributed by atoms with Crippen LogP contribution < -0.4 is 14.8 Å². The van der Waals surface area contributed by atoms with Gasteiger partial charge in [0.2, 0.25) is 5.91 Å². The second kappa shape index (κ2) is 11.8. The Bertz CT molecular complexity index is 1350. The standard InChI is InChI=1S/C26H20ClIN2O5S/c1-34-21-12-17(11-19(28)24(21)35-15-16-7-3-2-4-8-16)13-22-25(32)30(26(33)36-22)14-23(31)29-20-10-6-5-9-18(20)27/h2-13H,14-15H2,1H3,(H,29,31)/b22-13+. The molecule has 1 fully saturated rings. The lowest BCUT2D eigenvalue weighted by molar-refractivity contribution is -0.127. The Kier molecular flexibility index (Phi) is 8.55. The van der Waals surface area contributed by atoms with Gasteiger partial charge < -0.3 is 14.8 Å². The highest BCUT2D eigenvalue weighted by Gasteiger charge is 2.36. The third-order valence-corrected chi connectivity index (χ3v) is 7.14. The van der Waals surface area contributed by atoms with E-state index in [0.717, 1.165) is 25.8 Å². The fraction of sp³-hybridized carbons (Fsp3) is 0.115. The number of ether oxygens (including phenoxy) is 2. The van der Waals surface area contributed by atoms with Crippen LogP contribution in [-0.2, 0) is 16.2 Å². The van der Waals surface area contributed by atoms with Crippen molar-refractivity contribution in [3.05, 3.63) is 91.4 Å².